The number of halogens is 3. The minimum Gasteiger partial charge on any atom is -0.333 e. The van der Waals surface area contributed by atoms with Crippen molar-refractivity contribution in [2.75, 3.05) is 0 Å². The summed E-state index contributed by atoms with van der Waals surface area (Å²) in [6, 6.07) is 4.38. The van der Waals surface area contributed by atoms with Crippen LogP contribution in [0.4, 0.5) is 4.39 Å². The zero-order valence-corrected chi connectivity index (χ0v) is 10.4. The van der Waals surface area contributed by atoms with E-state index in [1.807, 2.05) is 22.6 Å². The van der Waals surface area contributed by atoms with Crippen molar-refractivity contribution in [3.63, 3.8) is 0 Å². The third kappa shape index (κ3) is 1.95. The van der Waals surface area contributed by atoms with E-state index in [-0.39, 0.29) is 5.82 Å². The molecule has 6 heteroatoms. The number of nitrogens with zero attached hydrogens (tertiary/aromatic N) is 2. The fourth-order valence-corrected chi connectivity index (χ4v) is 1.92. The maximum Gasteiger partial charge on any atom is 0.259 e. The van der Waals surface area contributed by atoms with Crippen LogP contribution in [0.2, 0.25) is 0 Å². The standard InChI is InChI=1S/C8H3BrFIN2O/c9-8-12-7(14-13-8)5-2-1-4(10)3-6(5)11/h1-3H. The minimum atomic E-state index is -0.281. The summed E-state index contributed by atoms with van der Waals surface area (Å²) in [5.41, 5.74) is 0.727. The Morgan fingerprint density at radius 1 is 1.43 bits per heavy atom. The molecule has 0 aliphatic heterocycles. The van der Waals surface area contributed by atoms with E-state index < -0.39 is 0 Å². The fraction of sp³-hybridized carbons (Fsp3) is 0. The van der Waals surface area contributed by atoms with Crippen molar-refractivity contribution in [1.29, 1.82) is 0 Å². The van der Waals surface area contributed by atoms with Gasteiger partial charge in [-0.05, 0) is 61.9 Å². The lowest BCUT2D eigenvalue weighted by atomic mass is 10.2. The predicted molar refractivity (Wildman–Crippen MR) is 60.1 cm³/mol. The van der Waals surface area contributed by atoms with Crippen LogP contribution >= 0.6 is 38.5 Å². The molecule has 0 radical (unpaired) electrons. The number of aromatic nitrogens is 2. The van der Waals surface area contributed by atoms with Crippen LogP contribution in [0.25, 0.3) is 11.5 Å². The highest BCUT2D eigenvalue weighted by atomic mass is 127. The van der Waals surface area contributed by atoms with Crippen LogP contribution in [0.3, 0.4) is 0 Å². The first kappa shape index (κ1) is 10.0. The van der Waals surface area contributed by atoms with Crippen LogP contribution in [0.5, 0.6) is 0 Å². The average Bonchev–Trinajstić information content (AvgIpc) is 2.51. The molecule has 0 atom stereocenters. The predicted octanol–water partition coefficient (Wildman–Crippen LogP) is 3.24. The monoisotopic (exact) mass is 368 g/mol. The first-order valence-electron chi connectivity index (χ1n) is 3.61. The zero-order valence-electron chi connectivity index (χ0n) is 6.67. The first-order valence-corrected chi connectivity index (χ1v) is 5.48. The van der Waals surface area contributed by atoms with Gasteiger partial charge in [-0.1, -0.05) is 0 Å². The van der Waals surface area contributed by atoms with E-state index in [1.54, 1.807) is 6.07 Å². The minimum absolute atomic E-state index is 0.281. The van der Waals surface area contributed by atoms with E-state index >= 15 is 0 Å². The summed E-state index contributed by atoms with van der Waals surface area (Å²) in [5, 5.41) is 3.59. The highest BCUT2D eigenvalue weighted by Crippen LogP contribution is 2.25. The molecule has 72 valence electrons. The van der Waals surface area contributed by atoms with E-state index in [2.05, 4.69) is 26.1 Å². The molecule has 0 N–H and O–H groups in total. The lowest BCUT2D eigenvalue weighted by Gasteiger charge is -1.97. The van der Waals surface area contributed by atoms with Gasteiger partial charge in [0.1, 0.15) is 5.82 Å². The molecule has 0 amide bonds. The number of benzene rings is 1. The molecule has 1 aromatic carbocycles. The molecule has 0 saturated heterocycles. The van der Waals surface area contributed by atoms with Crippen molar-refractivity contribution in [1.82, 2.24) is 10.1 Å². The lowest BCUT2D eigenvalue weighted by Crippen LogP contribution is -1.84. The molecule has 0 aliphatic rings. The lowest BCUT2D eigenvalue weighted by molar-refractivity contribution is 0.426. The van der Waals surface area contributed by atoms with Crippen LogP contribution in [-0.4, -0.2) is 10.1 Å². The summed E-state index contributed by atoms with van der Waals surface area (Å²) in [5.74, 6) is 0.0954. The number of rotatable bonds is 1. The van der Waals surface area contributed by atoms with Crippen LogP contribution in [0.15, 0.2) is 27.5 Å². The summed E-state index contributed by atoms with van der Waals surface area (Å²) >= 11 is 5.09. The highest BCUT2D eigenvalue weighted by Gasteiger charge is 2.10. The molecule has 1 heterocycles. The van der Waals surface area contributed by atoms with Gasteiger partial charge in [-0.25, -0.2) is 4.39 Å². The molecule has 14 heavy (non-hydrogen) atoms. The third-order valence-corrected chi connectivity index (χ3v) is 2.78. The Bertz CT molecular complexity index is 474. The maximum atomic E-state index is 12.8. The largest absolute Gasteiger partial charge is 0.333 e. The van der Waals surface area contributed by atoms with Gasteiger partial charge in [-0.15, -0.1) is 0 Å². The molecule has 0 saturated carbocycles. The van der Waals surface area contributed by atoms with Gasteiger partial charge in [-0.2, -0.15) is 4.98 Å². The number of hydrogen-bond donors (Lipinski definition) is 0. The Morgan fingerprint density at radius 2 is 2.21 bits per heavy atom. The van der Waals surface area contributed by atoms with Crippen molar-refractivity contribution in [2.24, 2.45) is 0 Å². The summed E-state index contributed by atoms with van der Waals surface area (Å²) in [6.45, 7) is 0. The highest BCUT2D eigenvalue weighted by molar-refractivity contribution is 14.1. The van der Waals surface area contributed by atoms with E-state index in [0.29, 0.717) is 10.6 Å². The normalized spacial score (nSPS) is 10.5. The van der Waals surface area contributed by atoms with Gasteiger partial charge in [0.2, 0.25) is 4.73 Å². The molecule has 2 aromatic rings. The second kappa shape index (κ2) is 3.93. The van der Waals surface area contributed by atoms with Gasteiger partial charge in [0.15, 0.2) is 0 Å². The van der Waals surface area contributed by atoms with Gasteiger partial charge in [0.25, 0.3) is 5.89 Å². The van der Waals surface area contributed by atoms with Crippen LogP contribution in [0, 0.1) is 9.39 Å². The van der Waals surface area contributed by atoms with Gasteiger partial charge in [0.05, 0.1) is 5.56 Å². The van der Waals surface area contributed by atoms with Crippen molar-refractivity contribution in [2.45, 2.75) is 0 Å². The van der Waals surface area contributed by atoms with E-state index in [4.69, 9.17) is 4.52 Å². The molecule has 3 nitrogen and oxygen atoms in total. The van der Waals surface area contributed by atoms with Crippen LogP contribution < -0.4 is 0 Å². The second-order valence-corrected chi connectivity index (χ2v) is 4.36. The van der Waals surface area contributed by atoms with Crippen molar-refractivity contribution >= 4 is 38.5 Å². The van der Waals surface area contributed by atoms with Crippen molar-refractivity contribution in [3.05, 3.63) is 32.3 Å². The molecular weight excluding hydrogens is 366 g/mol. The average molecular weight is 369 g/mol. The molecule has 0 spiro atoms. The van der Waals surface area contributed by atoms with Gasteiger partial charge < -0.3 is 4.52 Å². The first-order chi connectivity index (χ1) is 6.66. The Labute approximate surface area is 101 Å². The van der Waals surface area contributed by atoms with Crippen LogP contribution in [0.1, 0.15) is 0 Å². The van der Waals surface area contributed by atoms with Crippen molar-refractivity contribution in [3.8, 4) is 11.5 Å². The van der Waals surface area contributed by atoms with E-state index in [0.717, 1.165) is 9.13 Å². The van der Waals surface area contributed by atoms with Gasteiger partial charge in [-0.3, -0.25) is 0 Å². The topological polar surface area (TPSA) is 38.9 Å². The Hall–Kier alpha value is -0.500. The molecule has 0 unspecified atom stereocenters. The van der Waals surface area contributed by atoms with Crippen LogP contribution in [-0.2, 0) is 0 Å². The molecule has 2 rings (SSSR count). The molecule has 1 aromatic heterocycles. The summed E-state index contributed by atoms with van der Waals surface area (Å²) in [4.78, 5) is 3.98. The van der Waals surface area contributed by atoms with Crippen molar-refractivity contribution < 1.29 is 8.91 Å². The Morgan fingerprint density at radius 3 is 2.79 bits per heavy atom. The summed E-state index contributed by atoms with van der Waals surface area (Å²) in [6.07, 6.45) is 0. The summed E-state index contributed by atoms with van der Waals surface area (Å²) in [7, 11) is 0. The molecule has 0 bridgehead atoms. The SMILES string of the molecule is Fc1ccc(-c2nc(Br)no2)c(I)c1. The van der Waals surface area contributed by atoms with Gasteiger partial charge >= 0.3 is 0 Å². The smallest absolute Gasteiger partial charge is 0.259 e. The summed E-state index contributed by atoms with van der Waals surface area (Å²) < 4.78 is 18.8. The quantitative estimate of drug-likeness (QED) is 0.725. The van der Waals surface area contributed by atoms with Gasteiger partial charge in [0, 0.05) is 3.57 Å². The molecule has 0 fully saturated rings. The Kier molecular flexibility index (Phi) is 2.82. The van der Waals surface area contributed by atoms with E-state index in [1.165, 1.54) is 12.1 Å². The second-order valence-electron chi connectivity index (χ2n) is 2.49. The third-order valence-electron chi connectivity index (χ3n) is 1.56. The molecule has 0 aliphatic carbocycles. The fourth-order valence-electron chi connectivity index (χ4n) is 0.978. The zero-order chi connectivity index (χ0) is 10.1. The maximum absolute atomic E-state index is 12.8. The number of hydrogen-bond acceptors (Lipinski definition) is 3. The van der Waals surface area contributed by atoms with E-state index in [9.17, 15) is 4.39 Å². The molecular formula is C8H3BrFIN2O. The Balaban J connectivity index is 2.52.